The van der Waals surface area contributed by atoms with Gasteiger partial charge in [-0.25, -0.2) is 0 Å². The van der Waals surface area contributed by atoms with Gasteiger partial charge in [-0.2, -0.15) is 0 Å². The van der Waals surface area contributed by atoms with E-state index >= 15 is 0 Å². The second-order valence-electron chi connectivity index (χ2n) is 11.4. The first-order valence-electron chi connectivity index (χ1n) is 14.3. The van der Waals surface area contributed by atoms with Crippen LogP contribution in [0.15, 0.2) is 89.1 Å². The number of benzene rings is 3. The molecule has 7 heteroatoms. The molecule has 218 valence electrons. The van der Waals surface area contributed by atoms with Gasteiger partial charge < -0.3 is 14.2 Å². The summed E-state index contributed by atoms with van der Waals surface area (Å²) in [6.45, 7) is 6.52. The Kier molecular flexibility index (Phi) is 9.12. The molecular formula is C35H36ClNO5. The maximum absolute atomic E-state index is 13.9. The lowest BCUT2D eigenvalue weighted by Crippen LogP contribution is -2.38. The van der Waals surface area contributed by atoms with E-state index in [1.165, 1.54) is 0 Å². The topological polar surface area (TPSA) is 74.2 Å². The minimum atomic E-state index is -0.723. The van der Waals surface area contributed by atoms with E-state index in [2.05, 4.69) is 0 Å². The number of hydrogen-bond donors (Lipinski definition) is 0. The minimum absolute atomic E-state index is 0.0116. The van der Waals surface area contributed by atoms with Crippen molar-refractivity contribution in [3.8, 4) is 11.5 Å². The highest BCUT2D eigenvalue weighted by atomic mass is 35.5. The van der Waals surface area contributed by atoms with Crippen molar-refractivity contribution in [1.82, 2.24) is 0 Å². The van der Waals surface area contributed by atoms with Gasteiger partial charge >= 0.3 is 5.97 Å². The summed E-state index contributed by atoms with van der Waals surface area (Å²) < 4.78 is 17.5. The zero-order valence-electron chi connectivity index (χ0n) is 24.4. The molecule has 5 rings (SSSR count). The lowest BCUT2D eigenvalue weighted by atomic mass is 9.69. The highest BCUT2D eigenvalue weighted by Crippen LogP contribution is 2.48. The molecule has 0 N–H and O–H groups in total. The summed E-state index contributed by atoms with van der Waals surface area (Å²) in [5.41, 5.74) is 4.81. The molecule has 0 spiro atoms. The van der Waals surface area contributed by atoms with Crippen LogP contribution in [0.1, 0.15) is 62.1 Å². The van der Waals surface area contributed by atoms with Gasteiger partial charge in [0.15, 0.2) is 17.3 Å². The van der Waals surface area contributed by atoms with E-state index in [0.29, 0.717) is 53.9 Å². The molecule has 3 aromatic carbocycles. The minimum Gasteiger partial charge on any atom is -0.493 e. The molecule has 3 atom stereocenters. The van der Waals surface area contributed by atoms with Gasteiger partial charge in [0.1, 0.15) is 12.5 Å². The number of nitrogens with zero attached hydrogens (tertiary/aromatic N) is 1. The van der Waals surface area contributed by atoms with Crippen LogP contribution in [0.3, 0.4) is 0 Å². The number of esters is 1. The van der Waals surface area contributed by atoms with Crippen LogP contribution in [0.25, 0.3) is 0 Å². The Bertz CT molecular complexity index is 1510. The number of rotatable bonds is 9. The molecule has 0 fully saturated rings. The number of carbonyl (C=O) groups is 2. The van der Waals surface area contributed by atoms with Gasteiger partial charge in [-0.3, -0.25) is 14.6 Å². The first kappa shape index (κ1) is 29.6. The fraction of sp³-hybridized carbons (Fsp3) is 0.343. The van der Waals surface area contributed by atoms with E-state index in [4.69, 9.17) is 30.8 Å². The lowest BCUT2D eigenvalue weighted by molar-refractivity contribution is -0.147. The Balaban J connectivity index is 1.52. The third kappa shape index (κ3) is 6.44. The number of methoxy groups -OCH3 is 1. The molecule has 6 nitrogen and oxygen atoms in total. The monoisotopic (exact) mass is 585 g/mol. The highest BCUT2D eigenvalue weighted by molar-refractivity contribution is 6.30. The molecule has 1 unspecified atom stereocenters. The predicted molar refractivity (Wildman–Crippen MR) is 164 cm³/mol. The summed E-state index contributed by atoms with van der Waals surface area (Å²) in [6.07, 6.45) is 0.925. The van der Waals surface area contributed by atoms with Gasteiger partial charge in [0.25, 0.3) is 0 Å². The average Bonchev–Trinajstić information content (AvgIpc) is 2.98. The molecular weight excluding hydrogens is 550 g/mol. The molecule has 3 aromatic rings. The summed E-state index contributed by atoms with van der Waals surface area (Å²) >= 11 is 6.11. The summed E-state index contributed by atoms with van der Waals surface area (Å²) in [6, 6.07) is 23.1. The van der Waals surface area contributed by atoms with E-state index in [9.17, 15) is 9.59 Å². The van der Waals surface area contributed by atoms with Gasteiger partial charge in [-0.15, -0.1) is 0 Å². The number of Topliss-reactive ketones (excluding diaryl/α,β-unsaturated/α-hetero) is 1. The molecule has 42 heavy (non-hydrogen) atoms. The van der Waals surface area contributed by atoms with Crippen LogP contribution in [0.2, 0.25) is 5.02 Å². The zero-order chi connectivity index (χ0) is 29.8. The Labute approximate surface area is 252 Å². The van der Waals surface area contributed by atoms with Gasteiger partial charge in [0, 0.05) is 34.3 Å². The maximum Gasteiger partial charge on any atom is 0.315 e. The first-order chi connectivity index (χ1) is 20.2. The first-order valence-corrected chi connectivity index (χ1v) is 14.7. The van der Waals surface area contributed by atoms with E-state index in [0.717, 1.165) is 22.4 Å². The van der Waals surface area contributed by atoms with Gasteiger partial charge in [-0.05, 0) is 66.1 Å². The number of ether oxygens (including phenoxy) is 3. The Morgan fingerprint density at radius 2 is 1.69 bits per heavy atom. The standard InChI is InChI=1S/C35H36ClNO5/c1-21(2)19-42-35(39)32-22(3)37-28-16-26(24-10-13-27(36)14-11-24)17-29(38)34(28)33(32)25-12-15-30(31(18-25)40-4)41-20-23-8-6-5-7-9-23/h5-15,18,21,26,32-33H,16-17,19-20H2,1-4H3/t26-,32?,33-/m1/s1. The SMILES string of the molecule is COc1cc([C@H]2C3=C(C[C@@H](c4ccc(Cl)cc4)CC3=O)N=C(C)C2C(=O)OCC(C)C)ccc1OCc1ccccc1. The van der Waals surface area contributed by atoms with Crippen molar-refractivity contribution in [1.29, 1.82) is 0 Å². The van der Waals surface area contributed by atoms with Crippen molar-refractivity contribution in [2.45, 2.75) is 52.1 Å². The molecule has 0 aromatic heterocycles. The number of hydrogen-bond acceptors (Lipinski definition) is 6. The van der Waals surface area contributed by atoms with Crippen LogP contribution in [0.4, 0.5) is 0 Å². The van der Waals surface area contributed by atoms with Crippen molar-refractivity contribution in [2.75, 3.05) is 13.7 Å². The van der Waals surface area contributed by atoms with E-state index in [-0.39, 0.29) is 23.6 Å². The number of aliphatic imine (C=N–C) groups is 1. The second-order valence-corrected chi connectivity index (χ2v) is 11.8. The van der Waals surface area contributed by atoms with Gasteiger partial charge in [0.05, 0.1) is 13.7 Å². The average molecular weight is 586 g/mol. The normalized spacial score (nSPS) is 20.2. The van der Waals surface area contributed by atoms with Crippen molar-refractivity contribution in [3.05, 3.63) is 106 Å². The number of carbonyl (C=O) groups excluding carboxylic acids is 2. The zero-order valence-corrected chi connectivity index (χ0v) is 25.2. The third-order valence-corrected chi connectivity index (χ3v) is 8.08. The predicted octanol–water partition coefficient (Wildman–Crippen LogP) is 7.70. The molecule has 1 aliphatic carbocycles. The fourth-order valence-corrected chi connectivity index (χ4v) is 5.89. The van der Waals surface area contributed by atoms with Crippen LogP contribution in [0, 0.1) is 11.8 Å². The molecule has 0 bridgehead atoms. The highest BCUT2D eigenvalue weighted by Gasteiger charge is 2.45. The van der Waals surface area contributed by atoms with Crippen molar-refractivity contribution in [3.63, 3.8) is 0 Å². The molecule has 1 heterocycles. The summed E-state index contributed by atoms with van der Waals surface area (Å²) in [5.74, 6) is -0.384. The summed E-state index contributed by atoms with van der Waals surface area (Å²) in [5, 5.41) is 0.653. The van der Waals surface area contributed by atoms with E-state index in [1.807, 2.05) is 93.6 Å². The quantitative estimate of drug-likeness (QED) is 0.241. The van der Waals surface area contributed by atoms with Gasteiger partial charge in [-0.1, -0.05) is 74.0 Å². The molecule has 0 amide bonds. The lowest BCUT2D eigenvalue weighted by Gasteiger charge is -2.36. The molecule has 0 saturated heterocycles. The molecule has 0 radical (unpaired) electrons. The van der Waals surface area contributed by atoms with Gasteiger partial charge in [0.2, 0.25) is 0 Å². The smallest absolute Gasteiger partial charge is 0.315 e. The van der Waals surface area contributed by atoms with Crippen LogP contribution in [-0.4, -0.2) is 31.2 Å². The third-order valence-electron chi connectivity index (χ3n) is 7.83. The van der Waals surface area contributed by atoms with E-state index in [1.54, 1.807) is 7.11 Å². The van der Waals surface area contributed by atoms with E-state index < -0.39 is 11.8 Å². The maximum atomic E-state index is 13.9. The van der Waals surface area contributed by atoms with Crippen LogP contribution < -0.4 is 9.47 Å². The molecule has 0 saturated carbocycles. The fourth-order valence-electron chi connectivity index (χ4n) is 5.77. The molecule has 2 aliphatic rings. The number of ketones is 1. The van der Waals surface area contributed by atoms with Crippen LogP contribution in [0.5, 0.6) is 11.5 Å². The largest absolute Gasteiger partial charge is 0.493 e. The number of allylic oxidation sites excluding steroid dienone is 2. The second kappa shape index (κ2) is 13.0. The Morgan fingerprint density at radius 3 is 2.38 bits per heavy atom. The number of halogens is 1. The van der Waals surface area contributed by atoms with Crippen LogP contribution in [-0.2, 0) is 20.9 Å². The van der Waals surface area contributed by atoms with Crippen molar-refractivity contribution >= 4 is 29.1 Å². The van der Waals surface area contributed by atoms with Crippen molar-refractivity contribution in [2.24, 2.45) is 16.8 Å². The Morgan fingerprint density at radius 1 is 0.976 bits per heavy atom. The Hall–Kier alpha value is -3.90. The summed E-state index contributed by atoms with van der Waals surface area (Å²) in [7, 11) is 1.59. The summed E-state index contributed by atoms with van der Waals surface area (Å²) in [4.78, 5) is 32.4. The van der Waals surface area contributed by atoms with Crippen molar-refractivity contribution < 1.29 is 23.8 Å². The molecule has 1 aliphatic heterocycles. The van der Waals surface area contributed by atoms with Crippen LogP contribution >= 0.6 is 11.6 Å².